The normalized spacial score (nSPS) is 21.4. The molecule has 0 aliphatic carbocycles. The second-order valence-electron chi connectivity index (χ2n) is 8.99. The first-order valence-electron chi connectivity index (χ1n) is 11.5. The number of benzene rings is 2. The molecular formula is C27H32N4. The first-order valence-corrected chi connectivity index (χ1v) is 11.5. The standard InChI is InChI=1S/C27H32N4/c1-20(27-12-6-7-13-28-27)31(18-25-14-21-8-2-4-10-23(21)16-29-25)19-26-15-22-9-3-5-11-24(22)17-30-26/h2-13,20,25-26,29-30H,14-19H2,1H3/t20-,25+,26+/m0/s1. The summed E-state index contributed by atoms with van der Waals surface area (Å²) in [6, 6.07) is 25.1. The fourth-order valence-electron chi connectivity index (χ4n) is 5.07. The van der Waals surface area contributed by atoms with Crippen LogP contribution in [-0.4, -0.2) is 35.1 Å². The molecule has 3 atom stereocenters. The van der Waals surface area contributed by atoms with Crippen LogP contribution in [-0.2, 0) is 25.9 Å². The number of hydrogen-bond acceptors (Lipinski definition) is 4. The Labute approximate surface area is 185 Å². The van der Waals surface area contributed by atoms with Gasteiger partial charge in [0, 0.05) is 50.5 Å². The Bertz CT molecular complexity index is 943. The van der Waals surface area contributed by atoms with Gasteiger partial charge in [0.1, 0.15) is 0 Å². The van der Waals surface area contributed by atoms with E-state index in [0.29, 0.717) is 12.1 Å². The molecule has 1 aromatic heterocycles. The molecule has 0 spiro atoms. The third-order valence-electron chi connectivity index (χ3n) is 6.91. The fourth-order valence-corrected chi connectivity index (χ4v) is 5.07. The molecule has 5 rings (SSSR count). The van der Waals surface area contributed by atoms with E-state index >= 15 is 0 Å². The van der Waals surface area contributed by atoms with Crippen molar-refractivity contribution in [2.45, 2.75) is 51.0 Å². The topological polar surface area (TPSA) is 40.2 Å². The number of aromatic nitrogens is 1. The highest BCUT2D eigenvalue weighted by Crippen LogP contribution is 2.24. The van der Waals surface area contributed by atoms with Gasteiger partial charge < -0.3 is 10.6 Å². The molecule has 4 heteroatoms. The minimum absolute atomic E-state index is 0.277. The van der Waals surface area contributed by atoms with Crippen LogP contribution in [0.25, 0.3) is 0 Å². The van der Waals surface area contributed by atoms with Gasteiger partial charge in [-0.05, 0) is 54.2 Å². The molecule has 3 aromatic rings. The molecule has 0 fully saturated rings. The molecular weight excluding hydrogens is 380 g/mol. The Balaban J connectivity index is 1.33. The SMILES string of the molecule is C[C@@H](c1ccccn1)N(C[C@H]1Cc2ccccc2CN1)C[C@H]1Cc2ccccc2CN1. The highest BCUT2D eigenvalue weighted by Gasteiger charge is 2.27. The molecule has 2 N–H and O–H groups in total. The van der Waals surface area contributed by atoms with E-state index in [4.69, 9.17) is 0 Å². The van der Waals surface area contributed by atoms with Gasteiger partial charge in [0.15, 0.2) is 0 Å². The zero-order chi connectivity index (χ0) is 21.0. The maximum absolute atomic E-state index is 4.68. The van der Waals surface area contributed by atoms with Crippen LogP contribution < -0.4 is 10.6 Å². The lowest BCUT2D eigenvalue weighted by Crippen LogP contribution is -2.50. The van der Waals surface area contributed by atoms with E-state index in [-0.39, 0.29) is 6.04 Å². The van der Waals surface area contributed by atoms with E-state index in [1.54, 1.807) is 0 Å². The highest BCUT2D eigenvalue weighted by molar-refractivity contribution is 5.31. The van der Waals surface area contributed by atoms with Gasteiger partial charge in [-0.15, -0.1) is 0 Å². The zero-order valence-electron chi connectivity index (χ0n) is 18.3. The van der Waals surface area contributed by atoms with Crippen LogP contribution in [0, 0.1) is 0 Å². The van der Waals surface area contributed by atoms with Gasteiger partial charge in [-0.2, -0.15) is 0 Å². The van der Waals surface area contributed by atoms with Crippen molar-refractivity contribution < 1.29 is 0 Å². The molecule has 0 unspecified atom stereocenters. The van der Waals surface area contributed by atoms with Crippen LogP contribution in [0.4, 0.5) is 0 Å². The van der Waals surface area contributed by atoms with Gasteiger partial charge in [-0.25, -0.2) is 0 Å². The number of fused-ring (bicyclic) bond motifs is 2. The van der Waals surface area contributed by atoms with Crippen LogP contribution in [0.2, 0.25) is 0 Å². The zero-order valence-corrected chi connectivity index (χ0v) is 18.3. The summed E-state index contributed by atoms with van der Waals surface area (Å²) in [5, 5.41) is 7.57. The molecule has 160 valence electrons. The second-order valence-corrected chi connectivity index (χ2v) is 8.99. The van der Waals surface area contributed by atoms with E-state index in [9.17, 15) is 0 Å². The number of nitrogens with one attached hydrogen (secondary N) is 2. The fraction of sp³-hybridized carbons (Fsp3) is 0.370. The van der Waals surface area contributed by atoms with E-state index in [2.05, 4.69) is 88.1 Å². The molecule has 0 saturated heterocycles. The average Bonchev–Trinajstić information content (AvgIpc) is 2.83. The van der Waals surface area contributed by atoms with Gasteiger partial charge in [-0.1, -0.05) is 54.6 Å². The lowest BCUT2D eigenvalue weighted by Gasteiger charge is -2.38. The third-order valence-corrected chi connectivity index (χ3v) is 6.91. The van der Waals surface area contributed by atoms with Crippen molar-refractivity contribution in [2.75, 3.05) is 13.1 Å². The monoisotopic (exact) mass is 412 g/mol. The molecule has 2 aliphatic heterocycles. The number of pyridine rings is 1. The summed E-state index contributed by atoms with van der Waals surface area (Å²) in [5.41, 5.74) is 7.00. The summed E-state index contributed by atoms with van der Waals surface area (Å²) in [6.07, 6.45) is 4.08. The lowest BCUT2D eigenvalue weighted by molar-refractivity contribution is 0.159. The Morgan fingerprint density at radius 3 is 1.81 bits per heavy atom. The van der Waals surface area contributed by atoms with E-state index in [0.717, 1.165) is 44.7 Å². The molecule has 0 amide bonds. The predicted molar refractivity (Wildman–Crippen MR) is 126 cm³/mol. The molecule has 31 heavy (non-hydrogen) atoms. The van der Waals surface area contributed by atoms with Crippen molar-refractivity contribution in [3.8, 4) is 0 Å². The molecule has 2 aliphatic rings. The summed E-state index contributed by atoms with van der Waals surface area (Å²) in [5.74, 6) is 0. The Kier molecular flexibility index (Phi) is 6.12. The summed E-state index contributed by atoms with van der Waals surface area (Å²) < 4.78 is 0. The minimum Gasteiger partial charge on any atom is -0.308 e. The third kappa shape index (κ3) is 4.72. The van der Waals surface area contributed by atoms with Crippen molar-refractivity contribution >= 4 is 0 Å². The molecule has 0 radical (unpaired) electrons. The average molecular weight is 413 g/mol. The van der Waals surface area contributed by atoms with Crippen molar-refractivity contribution in [1.29, 1.82) is 0 Å². The summed E-state index contributed by atoms with van der Waals surface area (Å²) >= 11 is 0. The van der Waals surface area contributed by atoms with Gasteiger partial charge in [0.25, 0.3) is 0 Å². The van der Waals surface area contributed by atoms with Crippen LogP contribution in [0.15, 0.2) is 72.9 Å². The maximum Gasteiger partial charge on any atom is 0.0572 e. The first-order chi connectivity index (χ1) is 15.3. The Morgan fingerprint density at radius 1 is 0.774 bits per heavy atom. The van der Waals surface area contributed by atoms with Gasteiger partial charge in [0.2, 0.25) is 0 Å². The van der Waals surface area contributed by atoms with Gasteiger partial charge in [-0.3, -0.25) is 9.88 Å². The van der Waals surface area contributed by atoms with Crippen LogP contribution in [0.1, 0.15) is 40.9 Å². The van der Waals surface area contributed by atoms with Crippen LogP contribution >= 0.6 is 0 Å². The lowest BCUT2D eigenvalue weighted by atomic mass is 9.93. The smallest absolute Gasteiger partial charge is 0.0572 e. The molecule has 0 saturated carbocycles. The van der Waals surface area contributed by atoms with Crippen LogP contribution in [0.3, 0.4) is 0 Å². The molecule has 0 bridgehead atoms. The Hall–Kier alpha value is -2.53. The molecule has 3 heterocycles. The number of rotatable bonds is 6. The van der Waals surface area contributed by atoms with E-state index < -0.39 is 0 Å². The van der Waals surface area contributed by atoms with Crippen molar-refractivity contribution in [3.05, 3.63) is 101 Å². The highest BCUT2D eigenvalue weighted by atomic mass is 15.2. The summed E-state index contributed by atoms with van der Waals surface area (Å²) in [6.45, 7) is 6.26. The number of nitrogens with zero attached hydrogens (tertiary/aromatic N) is 2. The maximum atomic E-state index is 4.68. The van der Waals surface area contributed by atoms with E-state index in [1.165, 1.54) is 22.3 Å². The van der Waals surface area contributed by atoms with Crippen molar-refractivity contribution in [2.24, 2.45) is 0 Å². The van der Waals surface area contributed by atoms with Gasteiger partial charge >= 0.3 is 0 Å². The van der Waals surface area contributed by atoms with E-state index in [1.807, 2.05) is 12.3 Å². The summed E-state index contributed by atoms with van der Waals surface area (Å²) in [4.78, 5) is 7.30. The quantitative estimate of drug-likeness (QED) is 0.645. The largest absolute Gasteiger partial charge is 0.308 e. The first kappa shape index (κ1) is 20.4. The molecule has 2 aromatic carbocycles. The van der Waals surface area contributed by atoms with Crippen LogP contribution in [0.5, 0.6) is 0 Å². The second kappa shape index (κ2) is 9.31. The van der Waals surface area contributed by atoms with Gasteiger partial charge in [0.05, 0.1) is 5.69 Å². The molecule has 4 nitrogen and oxygen atoms in total. The van der Waals surface area contributed by atoms with Crippen molar-refractivity contribution in [3.63, 3.8) is 0 Å². The Morgan fingerprint density at radius 2 is 1.29 bits per heavy atom. The predicted octanol–water partition coefficient (Wildman–Crippen LogP) is 3.87. The minimum atomic E-state index is 0.277. The summed E-state index contributed by atoms with van der Waals surface area (Å²) in [7, 11) is 0. The number of hydrogen-bond donors (Lipinski definition) is 2. The van der Waals surface area contributed by atoms with Crippen molar-refractivity contribution in [1.82, 2.24) is 20.5 Å².